The Labute approximate surface area is 244 Å². The van der Waals surface area contributed by atoms with Crippen LogP contribution in [-0.2, 0) is 15.0 Å². The molecule has 6 aliphatic rings. The minimum absolute atomic E-state index is 0.0578. The summed E-state index contributed by atoms with van der Waals surface area (Å²) < 4.78 is 6.11. The van der Waals surface area contributed by atoms with E-state index in [9.17, 15) is 14.9 Å². The molecule has 6 aliphatic carbocycles. The van der Waals surface area contributed by atoms with Gasteiger partial charge in [0, 0.05) is 22.7 Å². The molecular weight excluding hydrogens is 510 g/mol. The van der Waals surface area contributed by atoms with Crippen molar-refractivity contribution in [2.45, 2.75) is 111 Å². The summed E-state index contributed by atoms with van der Waals surface area (Å²) in [6, 6.07) is 2.21. The number of carbonyl (C=O) groups excluding carboxylic acids is 2. The van der Waals surface area contributed by atoms with Crippen molar-refractivity contribution in [2.75, 3.05) is 0 Å². The monoisotopic (exact) mass is 555 g/mol. The van der Waals surface area contributed by atoms with Crippen molar-refractivity contribution in [3.8, 4) is 6.07 Å². The maximum Gasteiger partial charge on any atom is 0.233 e. The highest BCUT2D eigenvalue weighted by Gasteiger charge is 2.71. The van der Waals surface area contributed by atoms with Crippen LogP contribution in [0, 0.1) is 62.6 Å². The van der Waals surface area contributed by atoms with Gasteiger partial charge in [-0.3, -0.25) is 9.59 Å². The molecule has 0 unspecified atom stereocenters. The molecule has 9 atom stereocenters. The zero-order valence-corrected chi connectivity index (χ0v) is 25.8. The Morgan fingerprint density at radius 1 is 0.976 bits per heavy atom. The van der Waals surface area contributed by atoms with Gasteiger partial charge in [-0.15, -0.1) is 0 Å². The predicted octanol–water partition coefficient (Wildman–Crippen LogP) is 7.27. The van der Waals surface area contributed by atoms with Crippen molar-refractivity contribution in [3.05, 3.63) is 35.0 Å². The number of Topliss-reactive ketones (excluding diaryl/α,β-unsaturated/α-hetero) is 1. The van der Waals surface area contributed by atoms with E-state index >= 15 is 0 Å². The normalized spacial score (nSPS) is 46.7. The largest absolute Gasteiger partial charge is 0.339 e. The van der Waals surface area contributed by atoms with Crippen LogP contribution in [0.4, 0.5) is 0 Å². The number of hydrogen-bond donors (Lipinski definition) is 0. The first kappa shape index (κ1) is 27.3. The third kappa shape index (κ3) is 3.24. The van der Waals surface area contributed by atoms with Crippen LogP contribution in [0.1, 0.15) is 117 Å². The van der Waals surface area contributed by atoms with Crippen molar-refractivity contribution in [1.29, 1.82) is 5.26 Å². The Kier molecular flexibility index (Phi) is 5.52. The molecule has 4 fully saturated rings. The summed E-state index contributed by atoms with van der Waals surface area (Å²) in [4.78, 5) is 33.1. The number of allylic oxidation sites excluding steroid dienone is 4. The molecule has 0 bridgehead atoms. The molecule has 0 spiro atoms. The number of aromatic nitrogens is 2. The van der Waals surface area contributed by atoms with Gasteiger partial charge in [-0.1, -0.05) is 65.3 Å². The van der Waals surface area contributed by atoms with Gasteiger partial charge in [0.05, 0.1) is 11.0 Å². The lowest BCUT2D eigenvalue weighted by atomic mass is 9.34. The fourth-order valence-electron chi connectivity index (χ4n) is 11.2. The Morgan fingerprint density at radius 3 is 2.39 bits per heavy atom. The van der Waals surface area contributed by atoms with E-state index in [0.29, 0.717) is 17.8 Å². The number of carbonyl (C=O) groups is 2. The van der Waals surface area contributed by atoms with Gasteiger partial charge in [0.25, 0.3) is 0 Å². The molecule has 6 nitrogen and oxygen atoms in total. The van der Waals surface area contributed by atoms with Crippen molar-refractivity contribution in [1.82, 2.24) is 10.1 Å². The van der Waals surface area contributed by atoms with Gasteiger partial charge in [-0.05, 0) is 91.9 Å². The fourth-order valence-corrected chi connectivity index (χ4v) is 11.2. The smallest absolute Gasteiger partial charge is 0.233 e. The van der Waals surface area contributed by atoms with E-state index in [1.54, 1.807) is 0 Å². The maximum absolute atomic E-state index is 14.7. The second-order valence-electron chi connectivity index (χ2n) is 16.1. The van der Waals surface area contributed by atoms with Crippen molar-refractivity contribution < 1.29 is 14.1 Å². The SMILES string of the molecule is C[C@@H]1[C@H]2[C@H]3C(=O)C=C4[C@@]5(C)C=C(C#N)C(=O)C(C)(C)[C@@H]5CC[C@@]4(C)[C@]3(C)CC[C@@]2(c2nc(C3CC3)no2)CC[C@H]1C. The minimum Gasteiger partial charge on any atom is -0.339 e. The third-order valence-corrected chi connectivity index (χ3v) is 14.0. The molecule has 0 aromatic carbocycles. The van der Waals surface area contributed by atoms with E-state index < -0.39 is 10.8 Å². The summed E-state index contributed by atoms with van der Waals surface area (Å²) in [5, 5.41) is 14.4. The molecule has 7 rings (SSSR count). The first-order valence-electron chi connectivity index (χ1n) is 16.0. The summed E-state index contributed by atoms with van der Waals surface area (Å²) in [5.41, 5.74) is -0.482. The quantitative estimate of drug-likeness (QED) is 0.381. The average Bonchev–Trinajstić information content (AvgIpc) is 3.66. The Bertz CT molecular complexity index is 1460. The van der Waals surface area contributed by atoms with Gasteiger partial charge < -0.3 is 4.52 Å². The Hall–Kier alpha value is -2.55. The Balaban J connectivity index is 1.39. The van der Waals surface area contributed by atoms with Crippen LogP contribution >= 0.6 is 0 Å². The molecule has 6 heteroatoms. The summed E-state index contributed by atoms with van der Waals surface area (Å²) in [6.07, 6.45) is 12.0. The molecule has 41 heavy (non-hydrogen) atoms. The number of hydrogen-bond acceptors (Lipinski definition) is 6. The molecule has 218 valence electrons. The molecular formula is C35H45N3O3. The van der Waals surface area contributed by atoms with Gasteiger partial charge >= 0.3 is 0 Å². The average molecular weight is 556 g/mol. The molecule has 0 aliphatic heterocycles. The highest BCUT2D eigenvalue weighted by atomic mass is 16.5. The molecule has 0 saturated heterocycles. The molecule has 1 aromatic heterocycles. The highest BCUT2D eigenvalue weighted by Crippen LogP contribution is 2.74. The molecule has 4 saturated carbocycles. The molecule has 1 heterocycles. The lowest BCUT2D eigenvalue weighted by Gasteiger charge is -2.69. The van der Waals surface area contributed by atoms with Crippen LogP contribution in [0.15, 0.2) is 27.8 Å². The van der Waals surface area contributed by atoms with Gasteiger partial charge in [-0.25, -0.2) is 0 Å². The van der Waals surface area contributed by atoms with E-state index in [0.717, 1.165) is 68.7 Å². The van der Waals surface area contributed by atoms with E-state index in [1.165, 1.54) is 0 Å². The zero-order chi connectivity index (χ0) is 29.3. The topological polar surface area (TPSA) is 96.8 Å². The number of nitrogens with zero attached hydrogens (tertiary/aromatic N) is 3. The number of fused-ring (bicyclic) bond motifs is 7. The number of ketones is 2. The molecule has 0 amide bonds. The Morgan fingerprint density at radius 2 is 1.71 bits per heavy atom. The van der Waals surface area contributed by atoms with Crippen LogP contribution in [0.3, 0.4) is 0 Å². The van der Waals surface area contributed by atoms with Crippen LogP contribution in [0.25, 0.3) is 0 Å². The van der Waals surface area contributed by atoms with Crippen LogP contribution in [-0.4, -0.2) is 21.7 Å². The summed E-state index contributed by atoms with van der Waals surface area (Å²) in [7, 11) is 0. The van der Waals surface area contributed by atoms with Crippen LogP contribution < -0.4 is 0 Å². The van der Waals surface area contributed by atoms with Crippen LogP contribution in [0.5, 0.6) is 0 Å². The van der Waals surface area contributed by atoms with Gasteiger partial charge in [0.1, 0.15) is 6.07 Å². The molecule has 0 radical (unpaired) electrons. The van der Waals surface area contributed by atoms with E-state index in [4.69, 9.17) is 9.51 Å². The van der Waals surface area contributed by atoms with E-state index in [-0.39, 0.29) is 51.1 Å². The number of nitriles is 1. The first-order valence-corrected chi connectivity index (χ1v) is 16.0. The van der Waals surface area contributed by atoms with Gasteiger partial charge in [-0.2, -0.15) is 10.2 Å². The predicted molar refractivity (Wildman–Crippen MR) is 154 cm³/mol. The zero-order valence-electron chi connectivity index (χ0n) is 25.8. The summed E-state index contributed by atoms with van der Waals surface area (Å²) in [6.45, 7) is 15.7. The van der Waals surface area contributed by atoms with Crippen molar-refractivity contribution in [2.24, 2.45) is 51.2 Å². The van der Waals surface area contributed by atoms with Gasteiger partial charge in [0.15, 0.2) is 17.4 Å². The van der Waals surface area contributed by atoms with Crippen molar-refractivity contribution in [3.63, 3.8) is 0 Å². The van der Waals surface area contributed by atoms with Crippen LogP contribution in [0.2, 0.25) is 0 Å². The lowest BCUT2D eigenvalue weighted by Crippen LogP contribution is -2.66. The molecule has 0 N–H and O–H groups in total. The molecule has 1 aromatic rings. The third-order valence-electron chi connectivity index (χ3n) is 14.0. The van der Waals surface area contributed by atoms with E-state index in [2.05, 4.69) is 45.8 Å². The lowest BCUT2D eigenvalue weighted by molar-refractivity contribution is -0.166. The summed E-state index contributed by atoms with van der Waals surface area (Å²) in [5.74, 6) is 3.18. The van der Waals surface area contributed by atoms with E-state index in [1.807, 2.05) is 26.0 Å². The second kappa shape index (κ2) is 8.29. The second-order valence-corrected chi connectivity index (χ2v) is 16.1. The maximum atomic E-state index is 14.7. The summed E-state index contributed by atoms with van der Waals surface area (Å²) >= 11 is 0. The first-order chi connectivity index (χ1) is 19.2. The fraction of sp³-hybridized carbons (Fsp3) is 0.743. The minimum atomic E-state index is -0.649. The van der Waals surface area contributed by atoms with Crippen molar-refractivity contribution >= 4 is 11.6 Å². The van der Waals surface area contributed by atoms with Gasteiger partial charge in [0.2, 0.25) is 5.89 Å². The highest BCUT2D eigenvalue weighted by molar-refractivity contribution is 6.04. The number of rotatable bonds is 2. The standard InChI is InChI=1S/C35H45N3O3/c1-19-10-13-35(30-37-29(38-41-30)21-8-9-21)15-14-34(7)27(26(35)20(19)2)23(39)16-25-32(5)17-22(18-36)28(40)31(3,4)24(32)11-12-33(25,34)6/h16-17,19-21,24,26-27H,8-15H2,1-7H3/t19-,20+,24+,26+,27-,32+,33-,34-,35+/m1/s1.